The summed E-state index contributed by atoms with van der Waals surface area (Å²) in [5, 5.41) is 14.7. The Balaban J connectivity index is 1.35. The SMILES string of the molecule is Cn1cccc1C(=O)NC(=O)CSc1nnc(Cc2cccc3ccccc23)n1C1CCCCC1. The number of benzene rings is 2. The predicted octanol–water partition coefficient (Wildman–Crippen LogP) is 4.91. The normalized spacial score (nSPS) is 14.3. The van der Waals surface area contributed by atoms with Gasteiger partial charge in [0, 0.05) is 25.7 Å². The van der Waals surface area contributed by atoms with Gasteiger partial charge in [0.2, 0.25) is 5.91 Å². The number of carbonyl (C=O) groups excluding carboxylic acids is 2. The molecule has 1 aliphatic carbocycles. The zero-order valence-electron chi connectivity index (χ0n) is 19.8. The average molecular weight is 488 g/mol. The third-order valence-electron chi connectivity index (χ3n) is 6.67. The van der Waals surface area contributed by atoms with Gasteiger partial charge in [-0.1, -0.05) is 73.5 Å². The molecule has 8 heteroatoms. The number of aryl methyl sites for hydroxylation is 1. The van der Waals surface area contributed by atoms with E-state index >= 15 is 0 Å². The number of carbonyl (C=O) groups is 2. The second-order valence-electron chi connectivity index (χ2n) is 9.05. The minimum atomic E-state index is -0.395. The second kappa shape index (κ2) is 10.5. The van der Waals surface area contributed by atoms with Gasteiger partial charge in [0.1, 0.15) is 11.5 Å². The molecule has 1 fully saturated rings. The first-order chi connectivity index (χ1) is 17.1. The largest absolute Gasteiger partial charge is 0.347 e. The molecule has 2 aromatic heterocycles. The van der Waals surface area contributed by atoms with E-state index in [1.807, 2.05) is 0 Å². The fraction of sp³-hybridized carbons (Fsp3) is 0.333. The summed E-state index contributed by atoms with van der Waals surface area (Å²) in [7, 11) is 1.78. The maximum atomic E-state index is 12.5. The molecule has 0 atom stereocenters. The minimum absolute atomic E-state index is 0.106. The van der Waals surface area contributed by atoms with Crippen LogP contribution in [0.2, 0.25) is 0 Å². The molecule has 2 aromatic carbocycles. The number of fused-ring (bicyclic) bond motifs is 1. The van der Waals surface area contributed by atoms with Gasteiger partial charge in [-0.25, -0.2) is 0 Å². The molecular weight excluding hydrogens is 458 g/mol. The molecular formula is C27H29N5O2S. The smallest absolute Gasteiger partial charge is 0.274 e. The Bertz CT molecular complexity index is 1350. The molecule has 1 saturated carbocycles. The number of aromatic nitrogens is 4. The molecule has 2 heterocycles. The van der Waals surface area contributed by atoms with Crippen molar-refractivity contribution in [2.45, 2.75) is 49.7 Å². The Kier molecular flexibility index (Phi) is 6.99. The molecule has 35 heavy (non-hydrogen) atoms. The lowest BCUT2D eigenvalue weighted by Crippen LogP contribution is -2.33. The molecule has 2 amide bonds. The number of imide groups is 1. The van der Waals surface area contributed by atoms with Crippen LogP contribution in [0.25, 0.3) is 10.8 Å². The molecule has 4 aromatic rings. The monoisotopic (exact) mass is 487 g/mol. The van der Waals surface area contributed by atoms with Gasteiger partial charge in [-0.3, -0.25) is 14.9 Å². The highest BCUT2D eigenvalue weighted by atomic mass is 32.2. The average Bonchev–Trinajstić information content (AvgIpc) is 3.49. The van der Waals surface area contributed by atoms with Crippen LogP contribution in [0.3, 0.4) is 0 Å². The van der Waals surface area contributed by atoms with Gasteiger partial charge in [0.25, 0.3) is 5.91 Å². The van der Waals surface area contributed by atoms with Crippen molar-refractivity contribution in [1.29, 1.82) is 0 Å². The summed E-state index contributed by atoms with van der Waals surface area (Å²) >= 11 is 1.35. The fourth-order valence-electron chi connectivity index (χ4n) is 4.90. The van der Waals surface area contributed by atoms with Gasteiger partial charge in [-0.2, -0.15) is 0 Å². The van der Waals surface area contributed by atoms with E-state index < -0.39 is 5.91 Å². The molecule has 0 radical (unpaired) electrons. The highest BCUT2D eigenvalue weighted by Gasteiger charge is 2.24. The first kappa shape index (κ1) is 23.4. The van der Waals surface area contributed by atoms with E-state index in [0.29, 0.717) is 18.2 Å². The van der Waals surface area contributed by atoms with Gasteiger partial charge in [-0.05, 0) is 41.3 Å². The topological polar surface area (TPSA) is 81.8 Å². The van der Waals surface area contributed by atoms with Crippen LogP contribution in [-0.4, -0.2) is 36.9 Å². The molecule has 0 bridgehead atoms. The van der Waals surface area contributed by atoms with Crippen LogP contribution in [0.5, 0.6) is 0 Å². The first-order valence-electron chi connectivity index (χ1n) is 12.1. The quantitative estimate of drug-likeness (QED) is 0.375. The summed E-state index contributed by atoms with van der Waals surface area (Å²) in [6, 6.07) is 18.6. The van der Waals surface area contributed by atoms with Crippen molar-refractivity contribution in [1.82, 2.24) is 24.6 Å². The summed E-state index contributed by atoms with van der Waals surface area (Å²) in [6.07, 6.45) is 8.27. The first-order valence-corrected chi connectivity index (χ1v) is 13.1. The fourth-order valence-corrected chi connectivity index (χ4v) is 5.73. The lowest BCUT2D eigenvalue weighted by atomic mass is 9.95. The Morgan fingerprint density at radius 1 is 1.00 bits per heavy atom. The van der Waals surface area contributed by atoms with Crippen LogP contribution in [-0.2, 0) is 18.3 Å². The molecule has 0 saturated heterocycles. The van der Waals surface area contributed by atoms with Crippen LogP contribution in [0.1, 0.15) is 60.0 Å². The van der Waals surface area contributed by atoms with Gasteiger partial charge in [-0.15, -0.1) is 10.2 Å². The number of amides is 2. The highest BCUT2D eigenvalue weighted by Crippen LogP contribution is 2.33. The van der Waals surface area contributed by atoms with E-state index in [1.54, 1.807) is 29.9 Å². The van der Waals surface area contributed by atoms with Gasteiger partial charge < -0.3 is 9.13 Å². The van der Waals surface area contributed by atoms with E-state index in [1.165, 1.54) is 47.4 Å². The Hall–Kier alpha value is -3.39. The molecule has 1 aliphatic rings. The maximum Gasteiger partial charge on any atom is 0.274 e. The predicted molar refractivity (Wildman–Crippen MR) is 138 cm³/mol. The molecule has 180 valence electrons. The molecule has 1 N–H and O–H groups in total. The van der Waals surface area contributed by atoms with Crippen molar-refractivity contribution in [3.63, 3.8) is 0 Å². The van der Waals surface area contributed by atoms with Crippen molar-refractivity contribution in [2.75, 3.05) is 5.75 Å². The van der Waals surface area contributed by atoms with Crippen LogP contribution in [0, 0.1) is 0 Å². The summed E-state index contributed by atoms with van der Waals surface area (Å²) in [4.78, 5) is 24.9. The third kappa shape index (κ3) is 5.17. The molecule has 0 aliphatic heterocycles. The van der Waals surface area contributed by atoms with Crippen LogP contribution in [0.15, 0.2) is 66.0 Å². The Morgan fingerprint density at radius 3 is 2.60 bits per heavy atom. The number of hydrogen-bond donors (Lipinski definition) is 1. The number of thioether (sulfide) groups is 1. The van der Waals surface area contributed by atoms with Gasteiger partial charge in [0.15, 0.2) is 5.16 Å². The zero-order chi connectivity index (χ0) is 24.2. The van der Waals surface area contributed by atoms with E-state index in [4.69, 9.17) is 0 Å². The van der Waals surface area contributed by atoms with E-state index in [2.05, 4.69) is 62.5 Å². The van der Waals surface area contributed by atoms with Crippen molar-refractivity contribution in [3.8, 4) is 0 Å². The molecule has 7 nitrogen and oxygen atoms in total. The molecule has 0 spiro atoms. The van der Waals surface area contributed by atoms with Crippen LogP contribution < -0.4 is 5.32 Å². The lowest BCUT2D eigenvalue weighted by Gasteiger charge is -2.25. The van der Waals surface area contributed by atoms with Crippen LogP contribution >= 0.6 is 11.8 Å². The van der Waals surface area contributed by atoms with Crippen molar-refractivity contribution < 1.29 is 9.59 Å². The molecule has 5 rings (SSSR count). The van der Waals surface area contributed by atoms with Crippen LogP contribution in [0.4, 0.5) is 0 Å². The van der Waals surface area contributed by atoms with Gasteiger partial charge >= 0.3 is 0 Å². The maximum absolute atomic E-state index is 12.5. The second-order valence-corrected chi connectivity index (χ2v) is 9.99. The van der Waals surface area contributed by atoms with E-state index in [9.17, 15) is 9.59 Å². The summed E-state index contributed by atoms with van der Waals surface area (Å²) < 4.78 is 3.94. The standard InChI is InChI=1S/C27H29N5O2S/c1-31-16-8-15-23(31)26(34)28-25(33)18-35-27-30-29-24(32(27)21-12-3-2-4-13-21)17-20-11-7-10-19-9-5-6-14-22(19)20/h5-11,14-16,21H,2-4,12-13,17-18H2,1H3,(H,28,33,34). The Morgan fingerprint density at radius 2 is 1.80 bits per heavy atom. The van der Waals surface area contributed by atoms with Gasteiger partial charge in [0.05, 0.1) is 5.75 Å². The zero-order valence-corrected chi connectivity index (χ0v) is 20.6. The van der Waals surface area contributed by atoms with Crippen molar-refractivity contribution in [3.05, 3.63) is 77.9 Å². The summed E-state index contributed by atoms with van der Waals surface area (Å²) in [5.74, 6) is 0.300. The number of hydrogen-bond acceptors (Lipinski definition) is 5. The minimum Gasteiger partial charge on any atom is -0.347 e. The lowest BCUT2D eigenvalue weighted by molar-refractivity contribution is -0.117. The van der Waals surface area contributed by atoms with Crippen molar-refractivity contribution >= 4 is 34.3 Å². The third-order valence-corrected chi connectivity index (χ3v) is 7.61. The number of nitrogens with zero attached hydrogens (tertiary/aromatic N) is 4. The Labute approximate surface area is 208 Å². The number of rotatable bonds is 7. The van der Waals surface area contributed by atoms with E-state index in [-0.39, 0.29) is 11.7 Å². The van der Waals surface area contributed by atoms with E-state index in [0.717, 1.165) is 23.8 Å². The summed E-state index contributed by atoms with van der Waals surface area (Å²) in [6.45, 7) is 0. The highest BCUT2D eigenvalue weighted by molar-refractivity contribution is 7.99. The molecule has 0 unspecified atom stereocenters. The number of nitrogens with one attached hydrogen (secondary N) is 1. The van der Waals surface area contributed by atoms with Crippen molar-refractivity contribution in [2.24, 2.45) is 7.05 Å². The summed E-state index contributed by atoms with van der Waals surface area (Å²) in [5.41, 5.74) is 1.67.